The Bertz CT molecular complexity index is 523. The quantitative estimate of drug-likeness (QED) is 0.868. The number of anilines is 1. The van der Waals surface area contributed by atoms with Gasteiger partial charge in [-0.25, -0.2) is 0 Å². The summed E-state index contributed by atoms with van der Waals surface area (Å²) in [6.45, 7) is 7.18. The van der Waals surface area contributed by atoms with Gasteiger partial charge in [-0.15, -0.1) is 0 Å². The number of hydrogen-bond donors (Lipinski definition) is 2. The number of ether oxygens (including phenoxy) is 1. The molecule has 5 heteroatoms. The maximum atomic E-state index is 12.2. The van der Waals surface area contributed by atoms with Crippen molar-refractivity contribution in [2.24, 2.45) is 5.92 Å². The third-order valence-corrected chi connectivity index (χ3v) is 5.45. The van der Waals surface area contributed by atoms with Crippen LogP contribution >= 0.6 is 0 Å². The molecule has 3 fully saturated rings. The number of carbonyl (C=O) groups is 1. The molecule has 0 unspecified atom stereocenters. The highest BCUT2D eigenvalue weighted by molar-refractivity contribution is 5.94. The van der Waals surface area contributed by atoms with Crippen molar-refractivity contribution in [3.05, 3.63) is 29.8 Å². The maximum absolute atomic E-state index is 12.2. The van der Waals surface area contributed by atoms with Crippen LogP contribution in [0.3, 0.4) is 0 Å². The van der Waals surface area contributed by atoms with Gasteiger partial charge in [0.05, 0.1) is 0 Å². The van der Waals surface area contributed by atoms with Crippen molar-refractivity contribution in [1.29, 1.82) is 0 Å². The summed E-state index contributed by atoms with van der Waals surface area (Å²) in [5.41, 5.74) is 1.98. The summed E-state index contributed by atoms with van der Waals surface area (Å²) in [5.74, 6) is 0.598. The van der Waals surface area contributed by atoms with E-state index >= 15 is 0 Å². The van der Waals surface area contributed by atoms with E-state index in [1.54, 1.807) is 0 Å². The van der Waals surface area contributed by atoms with Crippen LogP contribution in [0.4, 0.5) is 5.69 Å². The summed E-state index contributed by atoms with van der Waals surface area (Å²) in [5, 5.41) is 6.27. The molecule has 0 bridgehead atoms. The summed E-state index contributed by atoms with van der Waals surface area (Å²) in [7, 11) is 0. The first-order valence-electron chi connectivity index (χ1n) is 10.2. The molecule has 3 saturated heterocycles. The standard InChI is InChI=1S/C17H24N2O2.C4H9N/c20-17(18-13-14-7-11-21-12-8-14)15-3-5-16(6-4-15)19-9-1-2-10-19;1-2-4-5-3-1/h3-6,14H,1-2,7-13H2,(H,18,20);5H,1-4H2. The molecule has 0 saturated carbocycles. The summed E-state index contributed by atoms with van der Waals surface area (Å²) >= 11 is 0. The third-order valence-electron chi connectivity index (χ3n) is 5.45. The van der Waals surface area contributed by atoms with Crippen LogP contribution in [0.5, 0.6) is 0 Å². The molecule has 3 aliphatic rings. The largest absolute Gasteiger partial charge is 0.381 e. The average Bonchev–Trinajstić information content (AvgIpc) is 3.44. The van der Waals surface area contributed by atoms with Crippen LogP contribution in [-0.2, 0) is 4.74 Å². The van der Waals surface area contributed by atoms with Gasteiger partial charge in [-0.05, 0) is 81.8 Å². The molecule has 0 aliphatic carbocycles. The highest BCUT2D eigenvalue weighted by Crippen LogP contribution is 2.20. The van der Waals surface area contributed by atoms with Gasteiger partial charge in [0.2, 0.25) is 0 Å². The van der Waals surface area contributed by atoms with Crippen LogP contribution in [0.25, 0.3) is 0 Å². The van der Waals surface area contributed by atoms with E-state index in [1.807, 2.05) is 12.1 Å². The van der Waals surface area contributed by atoms with E-state index in [4.69, 9.17) is 4.74 Å². The minimum absolute atomic E-state index is 0.0365. The van der Waals surface area contributed by atoms with Gasteiger partial charge in [-0.3, -0.25) is 4.79 Å². The predicted octanol–water partition coefficient (Wildman–Crippen LogP) is 2.81. The van der Waals surface area contributed by atoms with E-state index in [9.17, 15) is 4.79 Å². The Hall–Kier alpha value is -1.59. The Morgan fingerprint density at radius 1 is 1.04 bits per heavy atom. The SMILES string of the molecule is C1CCNC1.O=C(NCC1CCOCC1)c1ccc(N2CCCC2)cc1. The van der Waals surface area contributed by atoms with Crippen molar-refractivity contribution in [2.75, 3.05) is 50.8 Å². The molecule has 3 aliphatic heterocycles. The molecule has 5 nitrogen and oxygen atoms in total. The highest BCUT2D eigenvalue weighted by atomic mass is 16.5. The van der Waals surface area contributed by atoms with Crippen LogP contribution in [0.2, 0.25) is 0 Å². The maximum Gasteiger partial charge on any atom is 0.251 e. The second-order valence-electron chi connectivity index (χ2n) is 7.46. The molecule has 1 aromatic carbocycles. The van der Waals surface area contributed by atoms with Gasteiger partial charge < -0.3 is 20.3 Å². The first kappa shape index (κ1) is 19.2. The molecule has 4 rings (SSSR count). The summed E-state index contributed by atoms with van der Waals surface area (Å²) in [6, 6.07) is 8.00. The van der Waals surface area contributed by atoms with Crippen molar-refractivity contribution in [3.8, 4) is 0 Å². The van der Waals surface area contributed by atoms with Crippen LogP contribution in [-0.4, -0.2) is 51.8 Å². The second-order valence-corrected chi connectivity index (χ2v) is 7.46. The zero-order valence-electron chi connectivity index (χ0n) is 15.8. The smallest absolute Gasteiger partial charge is 0.251 e. The molecule has 0 radical (unpaired) electrons. The number of nitrogens with one attached hydrogen (secondary N) is 2. The number of hydrogen-bond acceptors (Lipinski definition) is 4. The van der Waals surface area contributed by atoms with E-state index < -0.39 is 0 Å². The predicted molar refractivity (Wildman–Crippen MR) is 106 cm³/mol. The van der Waals surface area contributed by atoms with Gasteiger partial charge in [-0.1, -0.05) is 0 Å². The van der Waals surface area contributed by atoms with E-state index in [0.29, 0.717) is 5.92 Å². The molecule has 1 amide bonds. The van der Waals surface area contributed by atoms with Gasteiger partial charge in [0.25, 0.3) is 5.91 Å². The number of rotatable bonds is 4. The lowest BCUT2D eigenvalue weighted by molar-refractivity contribution is 0.0642. The first-order chi connectivity index (χ1) is 12.8. The Morgan fingerprint density at radius 3 is 2.27 bits per heavy atom. The molecule has 26 heavy (non-hydrogen) atoms. The minimum Gasteiger partial charge on any atom is -0.381 e. The zero-order valence-corrected chi connectivity index (χ0v) is 15.8. The fraction of sp³-hybridized carbons (Fsp3) is 0.667. The van der Waals surface area contributed by atoms with Crippen molar-refractivity contribution >= 4 is 11.6 Å². The van der Waals surface area contributed by atoms with Crippen LogP contribution in [0, 0.1) is 5.92 Å². The molecule has 2 N–H and O–H groups in total. The summed E-state index contributed by atoms with van der Waals surface area (Å²) < 4.78 is 5.34. The van der Waals surface area contributed by atoms with E-state index in [1.165, 1.54) is 44.5 Å². The van der Waals surface area contributed by atoms with Crippen molar-refractivity contribution in [2.45, 2.75) is 38.5 Å². The Labute approximate surface area is 157 Å². The normalized spacial score (nSPS) is 20.5. The van der Waals surface area contributed by atoms with E-state index in [-0.39, 0.29) is 5.91 Å². The third kappa shape index (κ3) is 5.99. The lowest BCUT2D eigenvalue weighted by atomic mass is 10.0. The molecule has 0 aromatic heterocycles. The van der Waals surface area contributed by atoms with Gasteiger partial charge in [0, 0.05) is 44.1 Å². The lowest BCUT2D eigenvalue weighted by Crippen LogP contribution is -2.32. The zero-order chi connectivity index (χ0) is 18.0. The molecule has 144 valence electrons. The number of amides is 1. The van der Waals surface area contributed by atoms with E-state index in [2.05, 4.69) is 27.7 Å². The van der Waals surface area contributed by atoms with Crippen LogP contribution in [0.15, 0.2) is 24.3 Å². The Kier molecular flexibility index (Phi) is 7.77. The van der Waals surface area contributed by atoms with Crippen molar-refractivity contribution in [3.63, 3.8) is 0 Å². The Morgan fingerprint density at radius 2 is 1.69 bits per heavy atom. The van der Waals surface area contributed by atoms with Crippen LogP contribution < -0.4 is 15.5 Å². The van der Waals surface area contributed by atoms with Crippen molar-refractivity contribution < 1.29 is 9.53 Å². The fourth-order valence-electron chi connectivity index (χ4n) is 3.71. The number of nitrogens with zero attached hydrogens (tertiary/aromatic N) is 1. The molecule has 3 heterocycles. The van der Waals surface area contributed by atoms with Gasteiger partial charge >= 0.3 is 0 Å². The molecule has 1 aromatic rings. The summed E-state index contributed by atoms with van der Waals surface area (Å²) in [4.78, 5) is 14.5. The minimum atomic E-state index is 0.0365. The molecule has 0 atom stereocenters. The number of carbonyl (C=O) groups excluding carboxylic acids is 1. The van der Waals surface area contributed by atoms with Gasteiger partial charge in [0.1, 0.15) is 0 Å². The molecule has 0 spiro atoms. The van der Waals surface area contributed by atoms with Gasteiger partial charge in [-0.2, -0.15) is 0 Å². The summed E-state index contributed by atoms with van der Waals surface area (Å²) in [6.07, 6.45) is 7.42. The first-order valence-corrected chi connectivity index (χ1v) is 10.2. The monoisotopic (exact) mass is 359 g/mol. The topological polar surface area (TPSA) is 53.6 Å². The fourth-order valence-corrected chi connectivity index (χ4v) is 3.71. The molecular formula is C21H33N3O2. The van der Waals surface area contributed by atoms with Gasteiger partial charge in [0.15, 0.2) is 0 Å². The highest BCUT2D eigenvalue weighted by Gasteiger charge is 2.16. The average molecular weight is 360 g/mol. The van der Waals surface area contributed by atoms with Crippen molar-refractivity contribution in [1.82, 2.24) is 10.6 Å². The number of benzene rings is 1. The second kappa shape index (κ2) is 10.5. The van der Waals surface area contributed by atoms with Crippen LogP contribution in [0.1, 0.15) is 48.9 Å². The Balaban J connectivity index is 0.000000339. The lowest BCUT2D eigenvalue weighted by Gasteiger charge is -2.22. The van der Waals surface area contributed by atoms with E-state index in [0.717, 1.165) is 51.3 Å². The molecular weight excluding hydrogens is 326 g/mol.